The van der Waals surface area contributed by atoms with E-state index in [0.717, 1.165) is 56.6 Å². The highest BCUT2D eigenvalue weighted by atomic mass is 16.5. The number of hydrogen-bond donors (Lipinski definition) is 2. The number of carbonyl (C=O) groups is 1. The van der Waals surface area contributed by atoms with Crippen molar-refractivity contribution in [2.75, 3.05) is 33.9 Å². The number of likely N-dealkylation sites (tertiary alicyclic amines) is 1. The van der Waals surface area contributed by atoms with Gasteiger partial charge in [-0.05, 0) is 73.7 Å². The van der Waals surface area contributed by atoms with Crippen molar-refractivity contribution in [3.63, 3.8) is 0 Å². The first-order valence-corrected chi connectivity index (χ1v) is 12.2. The number of nitrogens with one attached hydrogen (secondary N) is 1. The van der Waals surface area contributed by atoms with Crippen LogP contribution in [0.1, 0.15) is 36.8 Å². The van der Waals surface area contributed by atoms with Crippen molar-refractivity contribution in [1.82, 2.24) is 10.2 Å². The third-order valence-corrected chi connectivity index (χ3v) is 7.74. The van der Waals surface area contributed by atoms with E-state index in [-0.39, 0.29) is 28.7 Å². The van der Waals surface area contributed by atoms with Gasteiger partial charge in [0.2, 0.25) is 5.91 Å². The van der Waals surface area contributed by atoms with Crippen molar-refractivity contribution in [2.45, 2.75) is 42.7 Å². The second-order valence-electron chi connectivity index (χ2n) is 9.66. The van der Waals surface area contributed by atoms with E-state index in [1.54, 1.807) is 31.4 Å². The number of nitrogens with zero attached hydrogens (tertiary/aromatic N) is 1. The average Bonchev–Trinajstić information content (AvgIpc) is 2.88. The van der Waals surface area contributed by atoms with Crippen LogP contribution >= 0.6 is 0 Å². The van der Waals surface area contributed by atoms with Gasteiger partial charge in [-0.2, -0.15) is 0 Å². The molecule has 1 aliphatic heterocycles. The minimum absolute atomic E-state index is 0.0248. The van der Waals surface area contributed by atoms with Crippen LogP contribution in [0.25, 0.3) is 6.08 Å². The molecular weight excluding hydrogens is 440 g/mol. The van der Waals surface area contributed by atoms with Gasteiger partial charge in [0.25, 0.3) is 0 Å². The first-order valence-electron chi connectivity index (χ1n) is 12.2. The Kier molecular flexibility index (Phi) is 7.63. The van der Waals surface area contributed by atoms with Gasteiger partial charge in [-0.3, -0.25) is 9.69 Å². The Morgan fingerprint density at radius 2 is 2.06 bits per heavy atom. The van der Waals surface area contributed by atoms with Crippen LogP contribution in [0, 0.1) is 0 Å². The van der Waals surface area contributed by atoms with Gasteiger partial charge < -0.3 is 19.9 Å². The molecule has 4 rings (SSSR count). The Morgan fingerprint density at radius 3 is 2.80 bits per heavy atom. The zero-order valence-corrected chi connectivity index (χ0v) is 20.7. The molecule has 1 saturated heterocycles. The molecule has 3 atom stereocenters. The molecule has 0 aromatic heterocycles. The maximum absolute atomic E-state index is 12.8. The molecule has 6 heteroatoms. The van der Waals surface area contributed by atoms with E-state index >= 15 is 0 Å². The van der Waals surface area contributed by atoms with Gasteiger partial charge in [0.15, 0.2) is 0 Å². The molecule has 0 bridgehead atoms. The topological polar surface area (TPSA) is 71.0 Å². The van der Waals surface area contributed by atoms with E-state index < -0.39 is 0 Å². The number of hydrogen-bond acceptors (Lipinski definition) is 5. The molecule has 2 aromatic rings. The monoisotopic (exact) mass is 476 g/mol. The summed E-state index contributed by atoms with van der Waals surface area (Å²) in [4.78, 5) is 15.2. The molecule has 1 aliphatic carbocycles. The summed E-state index contributed by atoms with van der Waals surface area (Å²) in [6.45, 7) is 6.52. The van der Waals surface area contributed by atoms with Crippen LogP contribution in [0.2, 0.25) is 0 Å². The lowest BCUT2D eigenvalue weighted by Gasteiger charge is -2.59. The van der Waals surface area contributed by atoms with Gasteiger partial charge in [0, 0.05) is 37.7 Å². The fraction of sp³-hybridized carbons (Fsp3) is 0.414. The van der Waals surface area contributed by atoms with Crippen molar-refractivity contribution in [1.29, 1.82) is 0 Å². The smallest absolute Gasteiger partial charge is 0.244 e. The largest absolute Gasteiger partial charge is 0.508 e. The highest BCUT2D eigenvalue weighted by Crippen LogP contribution is 2.53. The minimum Gasteiger partial charge on any atom is -0.508 e. The van der Waals surface area contributed by atoms with E-state index in [4.69, 9.17) is 9.47 Å². The highest BCUT2D eigenvalue weighted by Gasteiger charge is 2.58. The lowest BCUT2D eigenvalue weighted by Crippen LogP contribution is -2.67. The van der Waals surface area contributed by atoms with Crippen molar-refractivity contribution in [3.8, 4) is 11.5 Å². The first kappa shape index (κ1) is 25.0. The maximum Gasteiger partial charge on any atom is 0.244 e. The average molecular weight is 477 g/mol. The predicted octanol–water partition coefficient (Wildman–Crippen LogP) is 4.30. The summed E-state index contributed by atoms with van der Waals surface area (Å²) in [6, 6.07) is 15.2. The Bertz CT molecular complexity index is 1080. The van der Waals surface area contributed by atoms with Gasteiger partial charge in [0.05, 0.1) is 12.7 Å². The number of carbonyl (C=O) groups excluding carboxylic acids is 1. The Hall–Kier alpha value is -3.09. The number of phenolic OH excluding ortho intramolecular Hbond substituents is 1. The number of phenols is 1. The number of amides is 1. The van der Waals surface area contributed by atoms with E-state index in [9.17, 15) is 9.90 Å². The normalized spacial score (nSPS) is 26.7. The van der Waals surface area contributed by atoms with Gasteiger partial charge in [-0.1, -0.05) is 30.3 Å². The van der Waals surface area contributed by atoms with Gasteiger partial charge in [-0.15, -0.1) is 6.58 Å². The van der Waals surface area contributed by atoms with Crippen LogP contribution in [0.3, 0.4) is 0 Å². The number of aromatic hydroxyl groups is 1. The van der Waals surface area contributed by atoms with Crippen LogP contribution in [0.15, 0.2) is 67.3 Å². The summed E-state index contributed by atoms with van der Waals surface area (Å²) in [5, 5.41) is 12.9. The fourth-order valence-corrected chi connectivity index (χ4v) is 6.02. The Balaban J connectivity index is 1.60. The van der Waals surface area contributed by atoms with Crippen molar-refractivity contribution < 1.29 is 19.4 Å². The molecule has 35 heavy (non-hydrogen) atoms. The molecule has 2 fully saturated rings. The summed E-state index contributed by atoms with van der Waals surface area (Å²) < 4.78 is 12.0. The lowest BCUT2D eigenvalue weighted by molar-refractivity contribution is -0.148. The summed E-state index contributed by atoms with van der Waals surface area (Å²) in [6.07, 6.45) is 8.62. The summed E-state index contributed by atoms with van der Waals surface area (Å²) in [7, 11) is 3.51. The fourth-order valence-electron chi connectivity index (χ4n) is 6.02. The van der Waals surface area contributed by atoms with Crippen LogP contribution in [0.5, 0.6) is 11.5 Å². The van der Waals surface area contributed by atoms with Crippen LogP contribution in [-0.2, 0) is 14.9 Å². The lowest BCUT2D eigenvalue weighted by atomic mass is 9.55. The molecule has 2 N–H and O–H groups in total. The van der Waals surface area contributed by atoms with E-state index in [2.05, 4.69) is 28.9 Å². The molecule has 186 valence electrons. The second-order valence-corrected chi connectivity index (χ2v) is 9.66. The van der Waals surface area contributed by atoms with Gasteiger partial charge >= 0.3 is 0 Å². The second kappa shape index (κ2) is 10.7. The molecule has 6 nitrogen and oxygen atoms in total. The van der Waals surface area contributed by atoms with E-state index in [1.807, 2.05) is 31.4 Å². The summed E-state index contributed by atoms with van der Waals surface area (Å²) in [5.74, 6) is 0.877. The summed E-state index contributed by atoms with van der Waals surface area (Å²) >= 11 is 0. The third-order valence-electron chi connectivity index (χ3n) is 7.74. The molecular formula is C29H36N2O4. The zero-order valence-electron chi connectivity index (χ0n) is 20.7. The molecule has 1 amide bonds. The third kappa shape index (κ3) is 5.14. The molecule has 2 aliphatic rings. The first-order chi connectivity index (χ1) is 16.9. The standard InChI is InChI=1S/C29H36N2O4/c1-4-16-31-17-15-28(23-8-6-10-26(19-23)34-2)20-24(13-14-29(28,21-31)35-3)30-27(33)12-11-22-7-5-9-25(32)18-22/h4-12,18-19,24,32H,1,13-17,20-21H2,2-3H3,(H,30,33). The SMILES string of the molecule is C=CCN1CCC2(c3cccc(OC)c3)CC(NC(=O)C=Cc3cccc(O)c3)CCC2(OC)C1. The molecule has 2 aromatic carbocycles. The number of ether oxygens (including phenoxy) is 2. The molecule has 1 saturated carbocycles. The van der Waals surface area contributed by atoms with Gasteiger partial charge in [0.1, 0.15) is 11.5 Å². The minimum atomic E-state index is -0.362. The van der Waals surface area contributed by atoms with Crippen LogP contribution in [0.4, 0.5) is 0 Å². The molecule has 3 unspecified atom stereocenters. The maximum atomic E-state index is 12.8. The van der Waals surface area contributed by atoms with Crippen molar-refractivity contribution >= 4 is 12.0 Å². The number of methoxy groups -OCH3 is 2. The number of rotatable bonds is 8. The Morgan fingerprint density at radius 1 is 1.23 bits per heavy atom. The zero-order chi connectivity index (χ0) is 24.9. The van der Waals surface area contributed by atoms with Crippen LogP contribution < -0.4 is 10.1 Å². The van der Waals surface area contributed by atoms with E-state index in [0.29, 0.717) is 0 Å². The van der Waals surface area contributed by atoms with Gasteiger partial charge in [-0.25, -0.2) is 0 Å². The highest BCUT2D eigenvalue weighted by molar-refractivity contribution is 5.92. The molecule has 0 spiro atoms. The van der Waals surface area contributed by atoms with Crippen molar-refractivity contribution in [3.05, 3.63) is 78.4 Å². The predicted molar refractivity (Wildman–Crippen MR) is 139 cm³/mol. The number of benzene rings is 2. The molecule has 1 heterocycles. The number of fused-ring (bicyclic) bond motifs is 1. The Labute approximate surface area is 208 Å². The summed E-state index contributed by atoms with van der Waals surface area (Å²) in [5.41, 5.74) is 1.37. The van der Waals surface area contributed by atoms with E-state index in [1.165, 1.54) is 11.6 Å². The van der Waals surface area contributed by atoms with Crippen LogP contribution in [-0.4, -0.2) is 61.4 Å². The number of piperidine rings is 1. The molecule has 0 radical (unpaired) electrons. The quantitative estimate of drug-likeness (QED) is 0.439. The van der Waals surface area contributed by atoms with Crippen molar-refractivity contribution in [2.24, 2.45) is 0 Å².